The van der Waals surface area contributed by atoms with E-state index < -0.39 is 0 Å². The summed E-state index contributed by atoms with van der Waals surface area (Å²) in [6.07, 6.45) is 4.56. The van der Waals surface area contributed by atoms with Crippen molar-refractivity contribution in [2.24, 2.45) is 5.92 Å². The molecule has 1 N–H and O–H groups in total. The monoisotopic (exact) mass is 256 g/mol. The average Bonchev–Trinajstić information content (AvgIpc) is 2.39. The summed E-state index contributed by atoms with van der Waals surface area (Å²) < 4.78 is 0. The maximum atomic E-state index is 9.28. The van der Waals surface area contributed by atoms with Crippen molar-refractivity contribution in [3.05, 3.63) is 29.8 Å². The Bertz CT molecular complexity index is 465. The van der Waals surface area contributed by atoms with Gasteiger partial charge >= 0.3 is 0 Å². The number of benzene rings is 1. The van der Waals surface area contributed by atoms with Crippen LogP contribution in [0.4, 0.5) is 5.69 Å². The quantitative estimate of drug-likeness (QED) is 0.847. The van der Waals surface area contributed by atoms with Crippen LogP contribution in [-0.4, -0.2) is 6.04 Å². The third-order valence-electron chi connectivity index (χ3n) is 4.01. The highest BCUT2D eigenvalue weighted by Crippen LogP contribution is 2.32. The van der Waals surface area contributed by atoms with Gasteiger partial charge in [-0.15, -0.1) is 0 Å². The number of para-hydroxylation sites is 1. The summed E-state index contributed by atoms with van der Waals surface area (Å²) in [6.45, 7) is 6.70. The highest BCUT2D eigenvalue weighted by atomic mass is 14.9. The first-order chi connectivity index (χ1) is 9.02. The Hall–Kier alpha value is -1.49. The molecule has 2 heteroatoms. The van der Waals surface area contributed by atoms with Crippen LogP contribution in [-0.2, 0) is 5.41 Å². The Balaban J connectivity index is 2.21. The zero-order chi connectivity index (χ0) is 13.9. The van der Waals surface area contributed by atoms with E-state index in [-0.39, 0.29) is 11.3 Å². The molecule has 0 radical (unpaired) electrons. The summed E-state index contributed by atoms with van der Waals surface area (Å²) in [5.41, 5.74) is 2.65. The molecule has 0 spiro atoms. The van der Waals surface area contributed by atoms with Gasteiger partial charge in [0.15, 0.2) is 0 Å². The van der Waals surface area contributed by atoms with Crippen LogP contribution in [0, 0.1) is 17.2 Å². The fraction of sp³-hybridized carbons (Fsp3) is 0.588. The summed E-state index contributed by atoms with van der Waals surface area (Å²) in [5, 5.41) is 12.9. The molecule has 1 aliphatic rings. The number of nitrogens with zero attached hydrogens (tertiary/aromatic N) is 1. The second kappa shape index (κ2) is 5.65. The van der Waals surface area contributed by atoms with E-state index in [2.05, 4.69) is 56.4 Å². The molecule has 1 aromatic rings. The molecular formula is C17H24N2. The van der Waals surface area contributed by atoms with Crippen LogP contribution in [0.25, 0.3) is 0 Å². The number of nitrogens with one attached hydrogen (secondary N) is 1. The lowest BCUT2D eigenvalue weighted by Crippen LogP contribution is -2.32. The molecule has 0 amide bonds. The van der Waals surface area contributed by atoms with E-state index in [0.717, 1.165) is 12.8 Å². The van der Waals surface area contributed by atoms with Crippen molar-refractivity contribution >= 4 is 5.69 Å². The molecule has 0 aliphatic heterocycles. The summed E-state index contributed by atoms with van der Waals surface area (Å²) in [6, 6.07) is 11.3. The van der Waals surface area contributed by atoms with Crippen LogP contribution >= 0.6 is 0 Å². The average molecular weight is 256 g/mol. The van der Waals surface area contributed by atoms with Gasteiger partial charge in [-0.1, -0.05) is 51.8 Å². The SMILES string of the molecule is CC(C)(C)c1ccccc1NC1CCCCC1C#N. The van der Waals surface area contributed by atoms with Gasteiger partial charge in [0.25, 0.3) is 0 Å². The normalized spacial score (nSPS) is 23.7. The van der Waals surface area contributed by atoms with Gasteiger partial charge in [-0.25, -0.2) is 0 Å². The Morgan fingerprint density at radius 3 is 2.53 bits per heavy atom. The van der Waals surface area contributed by atoms with Crippen molar-refractivity contribution in [3.63, 3.8) is 0 Å². The van der Waals surface area contributed by atoms with Gasteiger partial charge in [0, 0.05) is 11.7 Å². The lowest BCUT2D eigenvalue weighted by atomic mass is 9.83. The van der Waals surface area contributed by atoms with Gasteiger partial charge in [-0.05, 0) is 29.9 Å². The molecule has 19 heavy (non-hydrogen) atoms. The van der Waals surface area contributed by atoms with Gasteiger partial charge in [0.1, 0.15) is 0 Å². The predicted molar refractivity (Wildman–Crippen MR) is 80.1 cm³/mol. The van der Waals surface area contributed by atoms with Crippen molar-refractivity contribution in [2.75, 3.05) is 5.32 Å². The molecule has 2 nitrogen and oxygen atoms in total. The minimum Gasteiger partial charge on any atom is -0.381 e. The second-order valence-corrected chi connectivity index (χ2v) is 6.57. The van der Waals surface area contributed by atoms with Crippen molar-refractivity contribution in [1.29, 1.82) is 5.26 Å². The zero-order valence-corrected chi connectivity index (χ0v) is 12.2. The van der Waals surface area contributed by atoms with Gasteiger partial charge < -0.3 is 5.32 Å². The molecular weight excluding hydrogens is 232 g/mol. The molecule has 102 valence electrons. The Labute approximate surface area is 116 Å². The number of hydrogen-bond donors (Lipinski definition) is 1. The predicted octanol–water partition coefficient (Wildman–Crippen LogP) is 4.48. The van der Waals surface area contributed by atoms with Crippen LogP contribution in [0.15, 0.2) is 24.3 Å². The zero-order valence-electron chi connectivity index (χ0n) is 12.2. The minimum atomic E-state index is 0.125. The molecule has 1 aromatic carbocycles. The maximum absolute atomic E-state index is 9.28. The van der Waals surface area contributed by atoms with E-state index in [4.69, 9.17) is 0 Å². The van der Waals surface area contributed by atoms with Gasteiger partial charge in [0.05, 0.1) is 12.0 Å². The molecule has 0 saturated heterocycles. The fourth-order valence-corrected chi connectivity index (χ4v) is 2.92. The molecule has 1 fully saturated rings. The summed E-state index contributed by atoms with van der Waals surface area (Å²) >= 11 is 0. The van der Waals surface area contributed by atoms with Crippen molar-refractivity contribution in [3.8, 4) is 6.07 Å². The first-order valence-electron chi connectivity index (χ1n) is 7.28. The molecule has 2 rings (SSSR count). The van der Waals surface area contributed by atoms with E-state index >= 15 is 0 Å². The van der Waals surface area contributed by atoms with Gasteiger partial charge in [0.2, 0.25) is 0 Å². The van der Waals surface area contributed by atoms with E-state index in [1.165, 1.54) is 24.1 Å². The summed E-state index contributed by atoms with van der Waals surface area (Å²) in [4.78, 5) is 0. The Morgan fingerprint density at radius 2 is 1.84 bits per heavy atom. The molecule has 2 atom stereocenters. The van der Waals surface area contributed by atoms with Crippen LogP contribution in [0.3, 0.4) is 0 Å². The van der Waals surface area contributed by atoms with E-state index in [9.17, 15) is 5.26 Å². The first kappa shape index (κ1) is 13.9. The van der Waals surface area contributed by atoms with Crippen molar-refractivity contribution < 1.29 is 0 Å². The standard InChI is InChI=1S/C17H24N2/c1-17(2,3)14-9-5-7-11-16(14)19-15-10-6-4-8-13(15)12-18/h5,7,9,11,13,15,19H,4,6,8,10H2,1-3H3. The number of nitriles is 1. The third-order valence-corrected chi connectivity index (χ3v) is 4.01. The van der Waals surface area contributed by atoms with Crippen molar-refractivity contribution in [2.45, 2.75) is 57.9 Å². The largest absolute Gasteiger partial charge is 0.381 e. The lowest BCUT2D eigenvalue weighted by molar-refractivity contribution is 0.388. The molecule has 2 unspecified atom stereocenters. The summed E-state index contributed by atoms with van der Waals surface area (Å²) in [7, 11) is 0. The minimum absolute atomic E-state index is 0.125. The Morgan fingerprint density at radius 1 is 1.16 bits per heavy atom. The molecule has 0 bridgehead atoms. The van der Waals surface area contributed by atoms with Crippen LogP contribution in [0.5, 0.6) is 0 Å². The topological polar surface area (TPSA) is 35.8 Å². The smallest absolute Gasteiger partial charge is 0.0677 e. The molecule has 0 aromatic heterocycles. The molecule has 0 heterocycles. The fourth-order valence-electron chi connectivity index (χ4n) is 2.92. The third kappa shape index (κ3) is 3.29. The van der Waals surface area contributed by atoms with E-state index in [1.54, 1.807) is 0 Å². The number of rotatable bonds is 2. The van der Waals surface area contributed by atoms with Gasteiger partial charge in [-0.2, -0.15) is 5.26 Å². The highest BCUT2D eigenvalue weighted by molar-refractivity contribution is 5.55. The second-order valence-electron chi connectivity index (χ2n) is 6.57. The lowest BCUT2D eigenvalue weighted by Gasteiger charge is -2.31. The van der Waals surface area contributed by atoms with E-state index in [1.807, 2.05) is 0 Å². The number of hydrogen-bond acceptors (Lipinski definition) is 2. The van der Waals surface area contributed by atoms with Gasteiger partial charge in [-0.3, -0.25) is 0 Å². The van der Waals surface area contributed by atoms with Crippen LogP contribution in [0.2, 0.25) is 0 Å². The van der Waals surface area contributed by atoms with Crippen LogP contribution < -0.4 is 5.32 Å². The first-order valence-corrected chi connectivity index (χ1v) is 7.28. The molecule has 1 aliphatic carbocycles. The van der Waals surface area contributed by atoms with Crippen molar-refractivity contribution in [1.82, 2.24) is 0 Å². The maximum Gasteiger partial charge on any atom is 0.0677 e. The van der Waals surface area contributed by atoms with E-state index in [0.29, 0.717) is 6.04 Å². The Kier molecular flexibility index (Phi) is 4.14. The molecule has 1 saturated carbocycles. The number of anilines is 1. The highest BCUT2D eigenvalue weighted by Gasteiger charge is 2.26. The van der Waals surface area contributed by atoms with Crippen LogP contribution in [0.1, 0.15) is 52.0 Å². The summed E-state index contributed by atoms with van der Waals surface area (Å²) in [5.74, 6) is 0.154.